The van der Waals surface area contributed by atoms with Crippen molar-refractivity contribution < 1.29 is 0 Å². The molecule has 11 aromatic rings. The van der Waals surface area contributed by atoms with Crippen LogP contribution in [0.3, 0.4) is 0 Å². The molecule has 3 aliphatic carbocycles. The second-order valence-electron chi connectivity index (χ2n) is 17.2. The molecule has 0 saturated heterocycles. The summed E-state index contributed by atoms with van der Waals surface area (Å²) in [6.07, 6.45) is 0. The molecule has 2 nitrogen and oxygen atoms in total. The van der Waals surface area contributed by atoms with E-state index in [9.17, 15) is 0 Å². The highest BCUT2D eigenvalue weighted by Crippen LogP contribution is 2.70. The Morgan fingerprint density at radius 2 is 0.794 bits per heavy atom. The molecule has 0 N–H and O–H groups in total. The van der Waals surface area contributed by atoms with Crippen LogP contribution in [0, 0.1) is 0 Å². The second-order valence-corrected chi connectivity index (χ2v) is 17.2. The van der Waals surface area contributed by atoms with Crippen LogP contribution >= 0.6 is 0 Å². The zero-order chi connectivity index (χ0) is 41.2. The van der Waals surface area contributed by atoms with Crippen molar-refractivity contribution in [1.29, 1.82) is 0 Å². The van der Waals surface area contributed by atoms with Crippen molar-refractivity contribution in [1.82, 2.24) is 4.57 Å². The van der Waals surface area contributed by atoms with Crippen molar-refractivity contribution in [2.24, 2.45) is 0 Å². The normalized spacial score (nSPS) is 14.7. The summed E-state index contributed by atoms with van der Waals surface area (Å²) in [4.78, 5) is 2.40. The van der Waals surface area contributed by atoms with Crippen LogP contribution in [0.5, 0.6) is 0 Å². The molecule has 292 valence electrons. The van der Waals surface area contributed by atoms with E-state index in [2.05, 4.69) is 240 Å². The number of hydrogen-bond acceptors (Lipinski definition) is 1. The molecule has 10 aromatic carbocycles. The summed E-state index contributed by atoms with van der Waals surface area (Å²) in [5.41, 5.74) is 25.2. The van der Waals surface area contributed by atoms with Crippen LogP contribution < -0.4 is 4.90 Å². The average molecular weight is 799 g/mol. The molecule has 2 heteroatoms. The van der Waals surface area contributed by atoms with Gasteiger partial charge in [-0.15, -0.1) is 0 Å². The molecule has 1 spiro atoms. The third kappa shape index (κ3) is 4.67. The van der Waals surface area contributed by atoms with Crippen molar-refractivity contribution in [2.45, 2.75) is 5.41 Å². The molecule has 1 atom stereocenters. The van der Waals surface area contributed by atoms with Gasteiger partial charge in [0.1, 0.15) is 0 Å². The van der Waals surface area contributed by atoms with E-state index in [0.29, 0.717) is 0 Å². The van der Waals surface area contributed by atoms with E-state index in [4.69, 9.17) is 0 Å². The van der Waals surface area contributed by atoms with Crippen LogP contribution in [0.4, 0.5) is 17.1 Å². The first-order valence-corrected chi connectivity index (χ1v) is 21.9. The predicted molar refractivity (Wildman–Crippen MR) is 262 cm³/mol. The molecule has 0 radical (unpaired) electrons. The molecular formula is C61H38N2. The third-order valence-corrected chi connectivity index (χ3v) is 14.1. The number of anilines is 3. The van der Waals surface area contributed by atoms with Gasteiger partial charge in [-0.25, -0.2) is 0 Å². The van der Waals surface area contributed by atoms with Gasteiger partial charge >= 0.3 is 0 Å². The highest BCUT2D eigenvalue weighted by atomic mass is 15.1. The largest absolute Gasteiger partial charge is 0.310 e. The van der Waals surface area contributed by atoms with Crippen molar-refractivity contribution in [3.63, 3.8) is 0 Å². The number of benzene rings is 10. The maximum absolute atomic E-state index is 2.50. The summed E-state index contributed by atoms with van der Waals surface area (Å²) in [5, 5.41) is 2.48. The first kappa shape index (κ1) is 34.5. The van der Waals surface area contributed by atoms with Crippen molar-refractivity contribution >= 4 is 38.9 Å². The third-order valence-electron chi connectivity index (χ3n) is 14.1. The lowest BCUT2D eigenvalue weighted by Gasteiger charge is -2.28. The summed E-state index contributed by atoms with van der Waals surface area (Å²) in [6.45, 7) is 0. The predicted octanol–water partition coefficient (Wildman–Crippen LogP) is 15.9. The maximum Gasteiger partial charge on any atom is 0.0737 e. The molecule has 0 aliphatic heterocycles. The Morgan fingerprint density at radius 3 is 1.49 bits per heavy atom. The van der Waals surface area contributed by atoms with Gasteiger partial charge in [0.2, 0.25) is 0 Å². The molecule has 0 saturated carbocycles. The number of hydrogen-bond donors (Lipinski definition) is 0. The number of fused-ring (bicyclic) bond motifs is 8. The zero-order valence-corrected chi connectivity index (χ0v) is 34.3. The average Bonchev–Trinajstić information content (AvgIpc) is 4.05. The standard InChI is InChI=1S/C61H38N2/c1-3-13-39(14-4-1)40-25-30-44(31-26-40)62(46-34-36-50-49-18-8-10-24-57(49)63(58(50)38-46)43-15-5-2-6-16-43)45-32-27-41(28-33-45)42-29-35-48-52-20-12-22-54-53-21-11-19-51-47-17-7-9-23-55(47)61(59(51)53,60(52)54)56(48)37-42/h1-38H. The van der Waals surface area contributed by atoms with E-state index in [0.717, 1.165) is 22.7 Å². The smallest absolute Gasteiger partial charge is 0.0737 e. The van der Waals surface area contributed by atoms with Gasteiger partial charge in [-0.3, -0.25) is 0 Å². The van der Waals surface area contributed by atoms with Crippen LogP contribution in [0.25, 0.3) is 83.1 Å². The first-order valence-electron chi connectivity index (χ1n) is 21.9. The van der Waals surface area contributed by atoms with E-state index in [1.54, 1.807) is 0 Å². The Hall–Kier alpha value is -8.20. The van der Waals surface area contributed by atoms with E-state index < -0.39 is 0 Å². The van der Waals surface area contributed by atoms with Gasteiger partial charge in [0.05, 0.1) is 16.4 Å². The molecule has 0 fully saturated rings. The lowest BCUT2D eigenvalue weighted by molar-refractivity contribution is 0.818. The topological polar surface area (TPSA) is 8.17 Å². The fourth-order valence-electron chi connectivity index (χ4n) is 11.6. The fraction of sp³-hybridized carbons (Fsp3) is 0.0164. The van der Waals surface area contributed by atoms with Crippen molar-refractivity contribution in [2.75, 3.05) is 4.90 Å². The van der Waals surface area contributed by atoms with Gasteiger partial charge in [0.15, 0.2) is 0 Å². The Labute approximate surface area is 366 Å². The summed E-state index contributed by atoms with van der Waals surface area (Å²) in [5.74, 6) is 0. The fourth-order valence-corrected chi connectivity index (χ4v) is 11.6. The van der Waals surface area contributed by atoms with Crippen LogP contribution in [0.2, 0.25) is 0 Å². The van der Waals surface area contributed by atoms with Crippen LogP contribution in [0.1, 0.15) is 22.3 Å². The van der Waals surface area contributed by atoms with Crippen LogP contribution in [-0.2, 0) is 5.41 Å². The van der Waals surface area contributed by atoms with E-state index in [-0.39, 0.29) is 5.41 Å². The second kappa shape index (κ2) is 12.9. The van der Waals surface area contributed by atoms with E-state index in [1.165, 1.54) is 99.7 Å². The summed E-state index contributed by atoms with van der Waals surface area (Å²) in [6, 6.07) is 85.4. The Bertz CT molecular complexity index is 3620. The molecule has 1 unspecified atom stereocenters. The van der Waals surface area contributed by atoms with E-state index in [1.807, 2.05) is 0 Å². The quantitative estimate of drug-likeness (QED) is 0.163. The number of para-hydroxylation sites is 2. The monoisotopic (exact) mass is 798 g/mol. The molecular weight excluding hydrogens is 761 g/mol. The minimum atomic E-state index is -0.302. The van der Waals surface area contributed by atoms with Gasteiger partial charge in [-0.1, -0.05) is 170 Å². The Morgan fingerprint density at radius 1 is 0.302 bits per heavy atom. The molecule has 14 rings (SSSR count). The zero-order valence-electron chi connectivity index (χ0n) is 34.3. The Balaban J connectivity index is 0.919. The highest BCUT2D eigenvalue weighted by Gasteiger charge is 2.57. The van der Waals surface area contributed by atoms with Gasteiger partial charge < -0.3 is 9.47 Å². The molecule has 1 heterocycles. The first-order chi connectivity index (χ1) is 31.3. The number of nitrogens with zero attached hydrogens (tertiary/aromatic N) is 2. The summed E-state index contributed by atoms with van der Waals surface area (Å²) in [7, 11) is 0. The van der Waals surface area contributed by atoms with E-state index >= 15 is 0 Å². The van der Waals surface area contributed by atoms with Crippen molar-refractivity contribution in [3.05, 3.63) is 253 Å². The minimum absolute atomic E-state index is 0.302. The van der Waals surface area contributed by atoms with Crippen LogP contribution in [-0.4, -0.2) is 4.57 Å². The molecule has 3 aliphatic rings. The minimum Gasteiger partial charge on any atom is -0.310 e. The van der Waals surface area contributed by atoms with Crippen LogP contribution in [0.15, 0.2) is 231 Å². The van der Waals surface area contributed by atoms with Crippen molar-refractivity contribution in [3.8, 4) is 61.3 Å². The number of aromatic nitrogens is 1. The molecule has 0 bridgehead atoms. The summed E-state index contributed by atoms with van der Waals surface area (Å²) >= 11 is 0. The van der Waals surface area contributed by atoms with Gasteiger partial charge in [-0.2, -0.15) is 0 Å². The summed E-state index contributed by atoms with van der Waals surface area (Å²) < 4.78 is 2.40. The lowest BCUT2D eigenvalue weighted by atomic mass is 9.73. The Kier molecular flexibility index (Phi) is 7.07. The van der Waals surface area contributed by atoms with Gasteiger partial charge in [0.25, 0.3) is 0 Å². The molecule has 63 heavy (non-hydrogen) atoms. The molecule has 1 aromatic heterocycles. The number of rotatable bonds is 6. The van der Waals surface area contributed by atoms with Gasteiger partial charge in [-0.05, 0) is 139 Å². The highest BCUT2D eigenvalue weighted by molar-refractivity contribution is 6.11. The molecule has 0 amide bonds. The maximum atomic E-state index is 2.50. The van der Waals surface area contributed by atoms with Gasteiger partial charge in [0, 0.05) is 33.5 Å². The SMILES string of the molecule is c1ccc(-c2ccc(N(c3ccc(-c4ccc5c(c4)C46c7ccccc7-c7cccc(c74)-c4cccc-5c46)cc3)c3ccc4c5ccccc5n(-c5ccccc5)c4c3)cc2)cc1. The lowest BCUT2D eigenvalue weighted by Crippen LogP contribution is -2.23.